The smallest absolute Gasteiger partial charge is 0.433 e. The fraction of sp³-hybridized carbons (Fsp3) is 0.590. The average Bonchev–Trinajstić information content (AvgIpc) is 3.73. The van der Waals surface area contributed by atoms with Gasteiger partial charge in [0.1, 0.15) is 42.1 Å². The largest absolute Gasteiger partial charge is 0.494 e. The van der Waals surface area contributed by atoms with Crippen LogP contribution in [0.3, 0.4) is 0 Å². The first-order valence-electron chi connectivity index (χ1n) is 19.0. The quantitative estimate of drug-likeness (QED) is 0.178. The minimum absolute atomic E-state index is 0.0290. The molecule has 16 heteroatoms. The van der Waals surface area contributed by atoms with Gasteiger partial charge in [0.2, 0.25) is 5.88 Å². The maximum absolute atomic E-state index is 13.1. The molecule has 0 radical (unpaired) electrons. The Kier molecular flexibility index (Phi) is 10.2. The van der Waals surface area contributed by atoms with Crippen LogP contribution in [0.4, 0.5) is 19.0 Å². The van der Waals surface area contributed by atoms with Crippen LogP contribution in [0.5, 0.6) is 11.6 Å². The van der Waals surface area contributed by atoms with Crippen molar-refractivity contribution in [2.24, 2.45) is 17.3 Å². The Morgan fingerprint density at radius 1 is 1.04 bits per heavy atom. The molecule has 2 bridgehead atoms. The Morgan fingerprint density at radius 2 is 1.89 bits per heavy atom. The molecule has 3 aliphatic carbocycles. The molecule has 1 amide bonds. The molecule has 296 valence electrons. The van der Waals surface area contributed by atoms with Gasteiger partial charge in [0, 0.05) is 12.6 Å². The van der Waals surface area contributed by atoms with E-state index in [1.54, 1.807) is 0 Å². The molecule has 1 aromatic carbocycles. The Labute approximate surface area is 315 Å². The van der Waals surface area contributed by atoms with Crippen LogP contribution in [0.25, 0.3) is 0 Å². The normalized spacial score (nSPS) is 33.6. The summed E-state index contributed by atoms with van der Waals surface area (Å²) in [4.78, 5) is 16.3. The van der Waals surface area contributed by atoms with E-state index in [1.807, 2.05) is 6.07 Å². The van der Waals surface area contributed by atoms with E-state index in [2.05, 4.69) is 44.9 Å². The number of alkyl halides is 3. The zero-order valence-electron chi connectivity index (χ0n) is 30.4. The second-order valence-electron chi connectivity index (χ2n) is 15.8. The predicted molar refractivity (Wildman–Crippen MR) is 189 cm³/mol. The average molecular weight is 770 g/mol. The van der Waals surface area contributed by atoms with Crippen molar-refractivity contribution in [2.45, 2.75) is 100 Å². The minimum atomic E-state index is -4.66. The summed E-state index contributed by atoms with van der Waals surface area (Å²) in [5.74, 6) is 2.05. The Morgan fingerprint density at radius 3 is 2.69 bits per heavy atom. The molecule has 2 aliphatic heterocycles. The minimum Gasteiger partial charge on any atom is -0.494 e. The number of fused-ring (bicyclic) bond motifs is 7. The number of ether oxygens (including phenoxy) is 4. The van der Waals surface area contributed by atoms with Gasteiger partial charge in [0.05, 0.1) is 19.3 Å². The second kappa shape index (κ2) is 14.8. The van der Waals surface area contributed by atoms with E-state index in [-0.39, 0.29) is 42.1 Å². The van der Waals surface area contributed by atoms with Gasteiger partial charge in [-0.1, -0.05) is 19.1 Å². The first-order chi connectivity index (χ1) is 26.3. The molecule has 4 heterocycles. The number of hydrogen-bond donors (Lipinski definition) is 5. The first-order valence-corrected chi connectivity index (χ1v) is 19.0. The summed E-state index contributed by atoms with van der Waals surface area (Å²) in [5, 5.41) is 45.9. The number of benzene rings is 1. The standard InChI is InChI=1S/C39H46F3N5O8/c1-37-15-14-24-23-9-7-22(18-21(23)6-8-25(24)26(37)10-12-29(37)48)52-17-3-16-43-35(51)27-11-13-31(47-46-27)53-19-38-20-54-36(55-38)32(33(49)34(38)50)45-30-5-2-4-28(44-30)39(40,41)42/h2,4-5,7,9,11,13,18,24-26,29,32-34,36,48-50H,3,6,8,10,12,14-17,19-20H2,1H3,(H,43,51)(H,44,45)/t24-,25-,26+,29+,32-,33-,34-,36+,37+,38+/m1/s1. The number of carbonyl (C=O) groups is 1. The van der Waals surface area contributed by atoms with Crippen molar-refractivity contribution in [3.05, 3.63) is 71.0 Å². The SMILES string of the molecule is C[C@]12CC[C@@H]3c4ccc(OCCCNC(=O)c5ccc(OC[C@@]67CO[C@@H](O6)[C@H](Nc6cccc(C(F)(F)F)n6)[C@@H](O)[C@H]7O)nn5)cc4CC[C@H]3[C@@H]1CC[C@@H]2O. The molecule has 3 aromatic rings. The Bertz CT molecular complexity index is 1870. The molecule has 5 N–H and O–H groups in total. The summed E-state index contributed by atoms with van der Waals surface area (Å²) >= 11 is 0. The van der Waals surface area contributed by atoms with Crippen LogP contribution >= 0.6 is 0 Å². The molecule has 8 rings (SSSR count). The zero-order valence-corrected chi connectivity index (χ0v) is 30.4. The molecule has 2 saturated carbocycles. The Hall–Kier alpha value is -4.09. The lowest BCUT2D eigenvalue weighted by Crippen LogP contribution is -2.64. The lowest BCUT2D eigenvalue weighted by molar-refractivity contribution is -0.222. The van der Waals surface area contributed by atoms with Gasteiger partial charge in [0.15, 0.2) is 17.6 Å². The van der Waals surface area contributed by atoms with Crippen molar-refractivity contribution < 1.29 is 52.2 Å². The van der Waals surface area contributed by atoms with Gasteiger partial charge in [-0.3, -0.25) is 4.79 Å². The van der Waals surface area contributed by atoms with Gasteiger partial charge in [-0.25, -0.2) is 4.98 Å². The van der Waals surface area contributed by atoms with E-state index in [0.29, 0.717) is 37.3 Å². The summed E-state index contributed by atoms with van der Waals surface area (Å²) in [6, 6.07) is 11.5. The van der Waals surface area contributed by atoms with Crippen molar-refractivity contribution in [1.82, 2.24) is 20.5 Å². The number of amides is 1. The number of halogens is 3. The number of nitrogens with one attached hydrogen (secondary N) is 2. The number of aryl methyl sites for hydroxylation is 1. The first kappa shape index (κ1) is 37.8. The highest BCUT2D eigenvalue weighted by molar-refractivity contribution is 5.92. The van der Waals surface area contributed by atoms with Gasteiger partial charge >= 0.3 is 6.18 Å². The van der Waals surface area contributed by atoms with Crippen LogP contribution in [0.15, 0.2) is 48.5 Å². The van der Waals surface area contributed by atoms with E-state index < -0.39 is 47.9 Å². The molecule has 13 nitrogen and oxygen atoms in total. The van der Waals surface area contributed by atoms with Crippen LogP contribution in [0.2, 0.25) is 0 Å². The van der Waals surface area contributed by atoms with Gasteiger partial charge in [-0.05, 0) is 110 Å². The molecule has 2 saturated heterocycles. The van der Waals surface area contributed by atoms with Crippen LogP contribution < -0.4 is 20.1 Å². The summed E-state index contributed by atoms with van der Waals surface area (Å²) in [6.07, 6.45) is -1.99. The highest BCUT2D eigenvalue weighted by Gasteiger charge is 2.60. The molecule has 5 aliphatic rings. The van der Waals surface area contributed by atoms with Crippen molar-refractivity contribution in [2.75, 3.05) is 31.7 Å². The molecule has 0 spiro atoms. The fourth-order valence-corrected chi connectivity index (χ4v) is 9.57. The number of carbonyl (C=O) groups excluding carboxylic acids is 1. The van der Waals surface area contributed by atoms with Crippen LogP contribution in [-0.4, -0.2) is 99.0 Å². The van der Waals surface area contributed by atoms with Crippen molar-refractivity contribution in [1.29, 1.82) is 0 Å². The number of aromatic nitrogens is 3. The number of aliphatic hydroxyl groups is 3. The molecule has 55 heavy (non-hydrogen) atoms. The van der Waals surface area contributed by atoms with E-state index in [4.69, 9.17) is 18.9 Å². The van der Waals surface area contributed by atoms with Gasteiger partial charge in [-0.2, -0.15) is 13.2 Å². The van der Waals surface area contributed by atoms with Gasteiger partial charge < -0.3 is 44.9 Å². The third-order valence-corrected chi connectivity index (χ3v) is 12.6. The third-order valence-electron chi connectivity index (χ3n) is 12.6. The highest BCUT2D eigenvalue weighted by atomic mass is 19.4. The molecule has 10 atom stereocenters. The van der Waals surface area contributed by atoms with E-state index in [0.717, 1.165) is 50.3 Å². The molecule has 4 fully saturated rings. The van der Waals surface area contributed by atoms with Crippen molar-refractivity contribution in [3.63, 3.8) is 0 Å². The number of aliphatic hydroxyl groups excluding tert-OH is 3. The third kappa shape index (κ3) is 7.23. The van der Waals surface area contributed by atoms with E-state index in [9.17, 15) is 33.3 Å². The lowest BCUT2D eigenvalue weighted by atomic mass is 9.55. The number of nitrogens with zero attached hydrogens (tertiary/aromatic N) is 3. The second-order valence-corrected chi connectivity index (χ2v) is 15.8. The number of rotatable bonds is 11. The highest BCUT2D eigenvalue weighted by Crippen LogP contribution is 2.61. The summed E-state index contributed by atoms with van der Waals surface area (Å²) in [7, 11) is 0. The predicted octanol–water partition coefficient (Wildman–Crippen LogP) is 4.01. The van der Waals surface area contributed by atoms with E-state index >= 15 is 0 Å². The van der Waals surface area contributed by atoms with Crippen molar-refractivity contribution >= 4 is 11.7 Å². The van der Waals surface area contributed by atoms with Gasteiger partial charge in [0.25, 0.3) is 5.91 Å². The van der Waals surface area contributed by atoms with Crippen LogP contribution in [0, 0.1) is 17.3 Å². The fourth-order valence-electron chi connectivity index (χ4n) is 9.57. The number of anilines is 1. The monoisotopic (exact) mass is 769 g/mol. The van der Waals surface area contributed by atoms with Crippen molar-refractivity contribution in [3.8, 4) is 11.6 Å². The van der Waals surface area contributed by atoms with Crippen LogP contribution in [-0.2, 0) is 22.1 Å². The number of pyridine rings is 1. The van der Waals surface area contributed by atoms with E-state index in [1.165, 1.54) is 35.4 Å². The van der Waals surface area contributed by atoms with Gasteiger partial charge in [-0.15, -0.1) is 10.2 Å². The number of hydrogen-bond acceptors (Lipinski definition) is 12. The molecular weight excluding hydrogens is 723 g/mol. The Balaban J connectivity index is 0.774. The molecule has 0 unspecified atom stereocenters. The maximum Gasteiger partial charge on any atom is 0.433 e. The summed E-state index contributed by atoms with van der Waals surface area (Å²) < 4.78 is 62.6. The maximum atomic E-state index is 13.1. The summed E-state index contributed by atoms with van der Waals surface area (Å²) in [5.41, 5.74) is 0.319. The topological polar surface area (TPSA) is 177 Å². The zero-order chi connectivity index (χ0) is 38.5. The summed E-state index contributed by atoms with van der Waals surface area (Å²) in [6.45, 7) is 2.60. The van der Waals surface area contributed by atoms with Crippen LogP contribution in [0.1, 0.15) is 78.7 Å². The molecule has 2 aromatic heterocycles. The molecular formula is C39H46F3N5O8. The lowest BCUT2D eigenvalue weighted by Gasteiger charge is -2.50.